The molecule has 4 aromatic rings. The summed E-state index contributed by atoms with van der Waals surface area (Å²) in [5, 5.41) is 0. The lowest BCUT2D eigenvalue weighted by Crippen LogP contribution is -2.31. The van der Waals surface area contributed by atoms with Gasteiger partial charge in [-0.3, -0.25) is 14.5 Å². The number of fused-ring (bicyclic) bond motifs is 1. The summed E-state index contributed by atoms with van der Waals surface area (Å²) in [7, 11) is 0. The van der Waals surface area contributed by atoms with E-state index in [0.29, 0.717) is 61.2 Å². The normalized spacial score (nSPS) is 12.0. The van der Waals surface area contributed by atoms with E-state index in [9.17, 15) is 9.59 Å². The van der Waals surface area contributed by atoms with Crippen molar-refractivity contribution in [3.05, 3.63) is 101 Å². The van der Waals surface area contributed by atoms with E-state index in [2.05, 4.69) is 52.0 Å². The number of ether oxygens (including phenoxy) is 7. The molecule has 0 bridgehead atoms. The van der Waals surface area contributed by atoms with Gasteiger partial charge in [-0.1, -0.05) is 283 Å². The Bertz CT molecular complexity index is 2280. The molecule has 0 radical (unpaired) electrons. The largest absolute Gasteiger partial charge is 0.493 e. The highest BCUT2D eigenvalue weighted by Crippen LogP contribution is 2.35. The number of rotatable bonds is 59. The molecule has 0 N–H and O–H groups in total. The van der Waals surface area contributed by atoms with Crippen molar-refractivity contribution in [1.29, 1.82) is 0 Å². The number of hydrogen-bond donors (Lipinski definition) is 0. The van der Waals surface area contributed by atoms with E-state index in [1.807, 2.05) is 30.3 Å². The van der Waals surface area contributed by atoms with Crippen molar-refractivity contribution in [2.75, 3.05) is 39.6 Å². The summed E-state index contributed by atoms with van der Waals surface area (Å²) in [6.07, 6.45) is 51.6. The molecular weight excluding hydrogens is 1110 g/mol. The van der Waals surface area contributed by atoms with Crippen LogP contribution >= 0.6 is 0 Å². The van der Waals surface area contributed by atoms with Crippen LogP contribution in [0.1, 0.15) is 323 Å². The predicted molar refractivity (Wildman–Crippen MR) is 369 cm³/mol. The first-order valence-corrected chi connectivity index (χ1v) is 36.7. The number of amides is 2. The second-order valence-corrected chi connectivity index (χ2v) is 25.4. The monoisotopic (exact) mass is 1230 g/mol. The molecule has 10 nitrogen and oxygen atoms in total. The Kier molecular flexibility index (Phi) is 41.2. The minimum atomic E-state index is -0.265. The van der Waals surface area contributed by atoms with E-state index < -0.39 is 0 Å². The van der Waals surface area contributed by atoms with Crippen molar-refractivity contribution in [3.63, 3.8) is 0 Å². The summed E-state index contributed by atoms with van der Waals surface area (Å²) in [5.74, 6) is 4.29. The number of benzene rings is 4. The number of unbranched alkanes of at least 4 members (excludes halogenated alkanes) is 36. The number of nitrogens with zero attached hydrogens (tertiary/aromatic N) is 1. The third-order valence-electron chi connectivity index (χ3n) is 17.4. The molecule has 1 aliphatic rings. The first-order chi connectivity index (χ1) is 43.9. The zero-order valence-corrected chi connectivity index (χ0v) is 56.8. The minimum absolute atomic E-state index is 0.247. The molecule has 10 heteroatoms. The number of imide groups is 1. The standard InChI is InChI=1S/C79H123NO9/c1-5-9-13-17-21-25-29-33-37-43-55-84-74-52-50-67(60-76(74)86-57-45-39-35-31-27-23-19-15-11-7-3)65-88-70-62-69(83-59-47-54-80-78(81)72-48-41-42-49-73(72)79(80)82)63-71(64-70)89-66-68-51-53-75(85-56-44-38-34-30-26-22-18-14-10-6-2)77(61-68)87-58-46-40-36-32-28-24-20-16-12-8-4/h41-42,48-53,60-64H,5-40,43-47,54-59,65-66H2,1-4H3. The number of carbonyl (C=O) groups is 2. The third-order valence-corrected chi connectivity index (χ3v) is 17.4. The Labute approximate surface area is 542 Å². The Balaban J connectivity index is 1.24. The van der Waals surface area contributed by atoms with E-state index in [1.54, 1.807) is 24.3 Å². The average molecular weight is 1230 g/mol. The molecule has 0 atom stereocenters. The Morgan fingerprint density at radius 2 is 0.539 bits per heavy atom. The maximum absolute atomic E-state index is 13.2. The fourth-order valence-corrected chi connectivity index (χ4v) is 11.8. The van der Waals surface area contributed by atoms with Crippen LogP contribution in [0.2, 0.25) is 0 Å². The summed E-state index contributed by atoms with van der Waals surface area (Å²) >= 11 is 0. The van der Waals surface area contributed by atoms with Crippen molar-refractivity contribution in [2.45, 2.75) is 304 Å². The lowest BCUT2D eigenvalue weighted by atomic mass is 10.1. The molecule has 0 unspecified atom stereocenters. The van der Waals surface area contributed by atoms with Gasteiger partial charge in [0.1, 0.15) is 30.5 Å². The van der Waals surface area contributed by atoms with Crippen LogP contribution in [0.5, 0.6) is 40.2 Å². The van der Waals surface area contributed by atoms with Gasteiger partial charge >= 0.3 is 0 Å². The van der Waals surface area contributed by atoms with Gasteiger partial charge in [0.25, 0.3) is 11.8 Å². The van der Waals surface area contributed by atoms with Gasteiger partial charge in [0, 0.05) is 24.7 Å². The van der Waals surface area contributed by atoms with Crippen molar-refractivity contribution < 1.29 is 42.7 Å². The first-order valence-electron chi connectivity index (χ1n) is 36.7. The highest BCUT2D eigenvalue weighted by atomic mass is 16.5. The Hall–Kier alpha value is -5.38. The zero-order chi connectivity index (χ0) is 62.9. The molecule has 5 rings (SSSR count). The molecular formula is C79H123NO9. The smallest absolute Gasteiger partial charge is 0.261 e. The topological polar surface area (TPSA) is 102 Å². The van der Waals surface area contributed by atoms with Crippen molar-refractivity contribution in [2.24, 2.45) is 0 Å². The van der Waals surface area contributed by atoms with Crippen LogP contribution in [-0.4, -0.2) is 56.3 Å². The van der Waals surface area contributed by atoms with Gasteiger partial charge in [0.2, 0.25) is 0 Å². The Morgan fingerprint density at radius 3 is 0.854 bits per heavy atom. The SMILES string of the molecule is CCCCCCCCCCCCOc1ccc(COc2cc(OCCCN3C(=O)c4ccccc4C3=O)cc(OCc3ccc(OCCCCCCCCCCCC)c(OCCCCCCCCCCCC)c3)c2)cc1OCCCCCCCCCCCC. The molecule has 1 heterocycles. The fourth-order valence-electron chi connectivity index (χ4n) is 11.8. The zero-order valence-electron chi connectivity index (χ0n) is 56.8. The van der Waals surface area contributed by atoms with Crippen molar-refractivity contribution >= 4 is 11.8 Å². The third kappa shape index (κ3) is 32.5. The van der Waals surface area contributed by atoms with Crippen LogP contribution in [0.3, 0.4) is 0 Å². The minimum Gasteiger partial charge on any atom is -0.493 e. The lowest BCUT2D eigenvalue weighted by Gasteiger charge is -2.17. The summed E-state index contributed by atoms with van der Waals surface area (Å²) in [4.78, 5) is 27.6. The highest BCUT2D eigenvalue weighted by molar-refractivity contribution is 6.21. The number of hydrogen-bond acceptors (Lipinski definition) is 9. The van der Waals surface area contributed by atoms with Crippen LogP contribution in [-0.2, 0) is 13.2 Å². The molecule has 89 heavy (non-hydrogen) atoms. The first kappa shape index (κ1) is 74.3. The highest BCUT2D eigenvalue weighted by Gasteiger charge is 2.34. The molecule has 0 fully saturated rings. The quantitative estimate of drug-likeness (QED) is 0.0316. The fraction of sp³-hybridized carbons (Fsp3) is 0.671. The van der Waals surface area contributed by atoms with E-state index in [4.69, 9.17) is 33.2 Å². The second kappa shape index (κ2) is 49.3. The lowest BCUT2D eigenvalue weighted by molar-refractivity contribution is 0.0646. The van der Waals surface area contributed by atoms with E-state index in [1.165, 1.54) is 223 Å². The van der Waals surface area contributed by atoms with Crippen molar-refractivity contribution in [3.8, 4) is 40.2 Å². The molecule has 0 saturated heterocycles. The number of carbonyl (C=O) groups excluding carboxylic acids is 2. The Morgan fingerprint density at radius 1 is 0.270 bits per heavy atom. The second-order valence-electron chi connectivity index (χ2n) is 25.4. The van der Waals surface area contributed by atoms with Crippen LogP contribution < -0.4 is 33.2 Å². The van der Waals surface area contributed by atoms with Crippen LogP contribution in [0, 0.1) is 0 Å². The maximum Gasteiger partial charge on any atom is 0.261 e. The van der Waals surface area contributed by atoms with Crippen LogP contribution in [0.25, 0.3) is 0 Å². The van der Waals surface area contributed by atoms with Gasteiger partial charge in [-0.15, -0.1) is 0 Å². The maximum atomic E-state index is 13.2. The molecule has 2 amide bonds. The average Bonchev–Trinajstić information content (AvgIpc) is 2.19. The molecule has 498 valence electrons. The van der Waals surface area contributed by atoms with Crippen LogP contribution in [0.15, 0.2) is 78.9 Å². The van der Waals surface area contributed by atoms with Gasteiger partial charge in [0.15, 0.2) is 23.0 Å². The van der Waals surface area contributed by atoms with E-state index in [0.717, 1.165) is 72.6 Å². The van der Waals surface area contributed by atoms with E-state index in [-0.39, 0.29) is 38.2 Å². The predicted octanol–water partition coefficient (Wildman–Crippen LogP) is 23.1. The van der Waals surface area contributed by atoms with Gasteiger partial charge in [-0.25, -0.2) is 0 Å². The molecule has 4 aromatic carbocycles. The van der Waals surface area contributed by atoms with Crippen molar-refractivity contribution in [1.82, 2.24) is 4.90 Å². The van der Waals surface area contributed by atoms with Gasteiger partial charge in [-0.05, 0) is 79.6 Å². The van der Waals surface area contributed by atoms with Crippen LogP contribution in [0.4, 0.5) is 0 Å². The molecule has 0 aromatic heterocycles. The van der Waals surface area contributed by atoms with Gasteiger partial charge in [-0.2, -0.15) is 0 Å². The molecule has 0 aliphatic carbocycles. The summed E-state index contributed by atoms with van der Waals surface area (Å²) in [5.41, 5.74) is 2.82. The van der Waals surface area contributed by atoms with Gasteiger partial charge in [0.05, 0.1) is 44.2 Å². The summed E-state index contributed by atoms with van der Waals surface area (Å²) in [6.45, 7) is 12.8. The van der Waals surface area contributed by atoms with E-state index >= 15 is 0 Å². The molecule has 1 aliphatic heterocycles. The summed E-state index contributed by atoms with van der Waals surface area (Å²) < 4.78 is 45.5. The molecule has 0 saturated carbocycles. The molecule has 0 spiro atoms. The van der Waals surface area contributed by atoms with Gasteiger partial charge < -0.3 is 33.2 Å². The summed E-state index contributed by atoms with van der Waals surface area (Å²) in [6, 6.07) is 25.0.